The van der Waals surface area contributed by atoms with Gasteiger partial charge in [-0.15, -0.1) is 0 Å². The van der Waals surface area contributed by atoms with Crippen LogP contribution >= 0.6 is 0 Å². The summed E-state index contributed by atoms with van der Waals surface area (Å²) >= 11 is 0. The van der Waals surface area contributed by atoms with Crippen LogP contribution in [0.5, 0.6) is 0 Å². The molecule has 12 aromatic rings. The Morgan fingerprint density at radius 1 is 0.274 bits per heavy atom. The molecule has 0 bridgehead atoms. The highest BCUT2D eigenvalue weighted by Crippen LogP contribution is 2.57. The van der Waals surface area contributed by atoms with E-state index >= 15 is 0 Å². The Kier molecular flexibility index (Phi) is 9.66. The topological polar surface area (TPSA) is 3.24 Å². The highest BCUT2D eigenvalue weighted by atomic mass is 15.1. The predicted octanol–water partition coefficient (Wildman–Crippen LogP) is 19.2. The van der Waals surface area contributed by atoms with E-state index in [0.29, 0.717) is 0 Å². The smallest absolute Gasteiger partial charge is 0.0713 e. The summed E-state index contributed by atoms with van der Waals surface area (Å²) in [5.74, 6) is 0. The Bertz CT molecular complexity index is 4110. The van der Waals surface area contributed by atoms with Crippen LogP contribution in [-0.4, -0.2) is 0 Å². The zero-order valence-electron chi connectivity index (χ0n) is 41.6. The lowest BCUT2D eigenvalue weighted by atomic mass is 9.67. The summed E-state index contributed by atoms with van der Waals surface area (Å²) < 4.78 is 0. The minimum Gasteiger partial charge on any atom is -0.310 e. The molecule has 73 heavy (non-hydrogen) atoms. The molecule has 0 saturated carbocycles. The van der Waals surface area contributed by atoms with Crippen molar-refractivity contribution in [3.63, 3.8) is 0 Å². The van der Waals surface area contributed by atoms with Crippen LogP contribution in [0.25, 0.3) is 76.8 Å². The van der Waals surface area contributed by atoms with Crippen LogP contribution in [-0.2, 0) is 10.8 Å². The molecule has 0 radical (unpaired) electrons. The lowest BCUT2D eigenvalue weighted by Crippen LogP contribution is -2.28. The molecule has 0 fully saturated rings. The first kappa shape index (κ1) is 43.0. The number of rotatable bonds is 7. The second-order valence-corrected chi connectivity index (χ2v) is 21.0. The van der Waals surface area contributed by atoms with Gasteiger partial charge in [0.15, 0.2) is 0 Å². The molecule has 0 aromatic heterocycles. The van der Waals surface area contributed by atoms with Gasteiger partial charge in [-0.2, -0.15) is 0 Å². The van der Waals surface area contributed by atoms with Gasteiger partial charge in [-0.3, -0.25) is 0 Å². The minimum atomic E-state index is -0.437. The van der Waals surface area contributed by atoms with Crippen molar-refractivity contribution >= 4 is 49.4 Å². The zero-order chi connectivity index (χ0) is 49.0. The van der Waals surface area contributed by atoms with E-state index in [1.54, 1.807) is 0 Å². The first-order valence-corrected chi connectivity index (χ1v) is 25.7. The summed E-state index contributed by atoms with van der Waals surface area (Å²) in [4.78, 5) is 2.41. The first-order chi connectivity index (χ1) is 35.8. The van der Waals surface area contributed by atoms with Crippen molar-refractivity contribution in [1.29, 1.82) is 0 Å². The molecule has 0 atom stereocenters. The van der Waals surface area contributed by atoms with Crippen molar-refractivity contribution in [2.75, 3.05) is 4.90 Å². The van der Waals surface area contributed by atoms with Gasteiger partial charge in [0, 0.05) is 22.5 Å². The van der Waals surface area contributed by atoms with E-state index in [0.717, 1.165) is 11.4 Å². The molecule has 2 aliphatic rings. The van der Waals surface area contributed by atoms with E-state index < -0.39 is 5.41 Å². The van der Waals surface area contributed by atoms with Crippen LogP contribution in [0, 0.1) is 13.8 Å². The van der Waals surface area contributed by atoms with E-state index in [1.807, 2.05) is 0 Å². The number of anilines is 3. The van der Waals surface area contributed by atoms with Gasteiger partial charge in [0.05, 0.1) is 5.41 Å². The highest BCUT2D eigenvalue weighted by molar-refractivity contribution is 6.24. The van der Waals surface area contributed by atoms with Crippen LogP contribution in [0.2, 0.25) is 0 Å². The van der Waals surface area contributed by atoms with Crippen molar-refractivity contribution in [3.8, 4) is 44.5 Å². The van der Waals surface area contributed by atoms with Gasteiger partial charge in [0.1, 0.15) is 0 Å². The first-order valence-electron chi connectivity index (χ1n) is 25.7. The van der Waals surface area contributed by atoms with Gasteiger partial charge in [0.25, 0.3) is 0 Å². The second-order valence-electron chi connectivity index (χ2n) is 21.0. The Labute approximate surface area is 428 Å². The van der Waals surface area contributed by atoms with Gasteiger partial charge >= 0.3 is 0 Å². The quantitative estimate of drug-likeness (QED) is 0.144. The molecule has 0 saturated heterocycles. The molecule has 14 rings (SSSR count). The van der Waals surface area contributed by atoms with Gasteiger partial charge in [-0.05, 0) is 196 Å². The Balaban J connectivity index is 0.908. The van der Waals surface area contributed by atoms with Crippen LogP contribution in [0.15, 0.2) is 249 Å². The molecule has 346 valence electrons. The third kappa shape index (κ3) is 6.48. The fraction of sp³-hybridized carbons (Fsp3) is 0.0833. The SMILES string of the molecule is Cc1cccc(N(c2cccc(C)c2)c2ccc3c(c2)C(C)(C)c2cc(-c4cc5c6ccccc6c(-c6ccc7c(c6)-c6ccccc6C7(c6ccccc6)c6ccccc6)cc5c5ccccc45)ccc2-3)c1. The molecular formula is C72H53N. The Morgan fingerprint density at radius 3 is 1.32 bits per heavy atom. The molecule has 0 heterocycles. The van der Waals surface area contributed by atoms with Crippen molar-refractivity contribution in [1.82, 2.24) is 0 Å². The molecule has 2 aliphatic carbocycles. The number of fused-ring (bicyclic) bond motifs is 11. The minimum absolute atomic E-state index is 0.228. The highest BCUT2D eigenvalue weighted by Gasteiger charge is 2.46. The van der Waals surface area contributed by atoms with Crippen LogP contribution in [0.1, 0.15) is 58.4 Å². The van der Waals surface area contributed by atoms with E-state index in [2.05, 4.69) is 281 Å². The Hall–Kier alpha value is -8.78. The fourth-order valence-electron chi connectivity index (χ4n) is 13.1. The van der Waals surface area contributed by atoms with Gasteiger partial charge < -0.3 is 4.90 Å². The Morgan fingerprint density at radius 2 is 0.726 bits per heavy atom. The number of hydrogen-bond acceptors (Lipinski definition) is 1. The van der Waals surface area contributed by atoms with Gasteiger partial charge in [-0.25, -0.2) is 0 Å². The third-order valence-corrected chi connectivity index (χ3v) is 16.4. The predicted molar refractivity (Wildman–Crippen MR) is 309 cm³/mol. The summed E-state index contributed by atoms with van der Waals surface area (Å²) in [5, 5.41) is 7.58. The van der Waals surface area contributed by atoms with Crippen LogP contribution in [0.3, 0.4) is 0 Å². The summed E-state index contributed by atoms with van der Waals surface area (Å²) in [5.41, 5.74) is 23.4. The third-order valence-electron chi connectivity index (χ3n) is 16.4. The maximum absolute atomic E-state index is 2.49. The molecular weight excluding hydrogens is 879 g/mol. The molecule has 0 unspecified atom stereocenters. The van der Waals surface area contributed by atoms with Gasteiger partial charge in [0.2, 0.25) is 0 Å². The summed E-state index contributed by atoms with van der Waals surface area (Å²) in [6.07, 6.45) is 0. The standard InChI is InChI=1S/C72H53N/c1-46-19-17-25-52(39-46)73(53-26-18-20-47(2)40-53)54-35-37-61-60-36-33-49(42-69(60)71(3,4)70(61)43-54)63-45-65-57-29-13-11-27-55(57)62(44-64(65)58-30-14-12-28-56(58)63)48-34-38-68-66(41-48)59-31-15-16-32-67(59)72(68,50-21-7-5-8-22-50)51-23-9-6-10-24-51/h5-45H,1-4H3. The van der Waals surface area contributed by atoms with E-state index in [4.69, 9.17) is 0 Å². The second kappa shape index (κ2) is 16.4. The molecule has 0 N–H and O–H groups in total. The van der Waals surface area contributed by atoms with Crippen molar-refractivity contribution in [2.24, 2.45) is 0 Å². The molecule has 0 aliphatic heterocycles. The number of aryl methyl sites for hydroxylation is 2. The molecule has 0 amide bonds. The van der Waals surface area contributed by atoms with E-state index in [9.17, 15) is 0 Å². The lowest BCUT2D eigenvalue weighted by molar-refractivity contribution is 0.660. The average Bonchev–Trinajstić information content (AvgIpc) is 3.85. The summed E-state index contributed by atoms with van der Waals surface area (Å²) in [6, 6.07) is 93.6. The maximum Gasteiger partial charge on any atom is 0.0713 e. The monoisotopic (exact) mass is 931 g/mol. The van der Waals surface area contributed by atoms with Crippen LogP contribution in [0.4, 0.5) is 17.1 Å². The van der Waals surface area contributed by atoms with Gasteiger partial charge in [-0.1, -0.05) is 202 Å². The number of benzene rings is 12. The molecule has 1 nitrogen and oxygen atoms in total. The normalized spacial score (nSPS) is 13.7. The van der Waals surface area contributed by atoms with E-state index in [1.165, 1.54) is 127 Å². The summed E-state index contributed by atoms with van der Waals surface area (Å²) in [7, 11) is 0. The summed E-state index contributed by atoms with van der Waals surface area (Å²) in [6.45, 7) is 9.16. The number of hydrogen-bond donors (Lipinski definition) is 0. The molecule has 0 spiro atoms. The fourth-order valence-corrected chi connectivity index (χ4v) is 13.1. The van der Waals surface area contributed by atoms with Crippen LogP contribution < -0.4 is 4.90 Å². The molecule has 1 heteroatoms. The van der Waals surface area contributed by atoms with Crippen molar-refractivity contribution in [3.05, 3.63) is 293 Å². The van der Waals surface area contributed by atoms with E-state index in [-0.39, 0.29) is 5.41 Å². The lowest BCUT2D eigenvalue weighted by Gasteiger charge is -2.33. The number of nitrogens with zero attached hydrogens (tertiary/aromatic N) is 1. The van der Waals surface area contributed by atoms with Crippen molar-refractivity contribution in [2.45, 2.75) is 38.5 Å². The maximum atomic E-state index is 2.49. The largest absolute Gasteiger partial charge is 0.310 e. The molecule has 12 aromatic carbocycles. The zero-order valence-corrected chi connectivity index (χ0v) is 41.6. The van der Waals surface area contributed by atoms with Crippen molar-refractivity contribution < 1.29 is 0 Å². The average molecular weight is 932 g/mol.